The van der Waals surface area contributed by atoms with Crippen molar-refractivity contribution < 1.29 is 23.5 Å². The van der Waals surface area contributed by atoms with Crippen LogP contribution >= 0.6 is 0 Å². The fourth-order valence-electron chi connectivity index (χ4n) is 3.45. The van der Waals surface area contributed by atoms with Gasteiger partial charge in [0.05, 0.1) is 6.26 Å². The summed E-state index contributed by atoms with van der Waals surface area (Å²) in [6, 6.07) is 2.50. The molecular formula is C20H30N2O5. The van der Waals surface area contributed by atoms with E-state index >= 15 is 0 Å². The van der Waals surface area contributed by atoms with Crippen LogP contribution in [0.3, 0.4) is 0 Å². The smallest absolute Gasteiger partial charge is 0.329 e. The van der Waals surface area contributed by atoms with Gasteiger partial charge in [0.1, 0.15) is 6.04 Å². The van der Waals surface area contributed by atoms with E-state index in [1.54, 1.807) is 24.8 Å². The number of carbonyl (C=O) groups excluding carboxylic acids is 3. The molecule has 150 valence electrons. The first-order valence-corrected chi connectivity index (χ1v) is 9.74. The second-order valence-corrected chi connectivity index (χ2v) is 7.25. The molecule has 1 aliphatic carbocycles. The van der Waals surface area contributed by atoms with Crippen LogP contribution < -0.4 is 5.32 Å². The van der Waals surface area contributed by atoms with E-state index in [0.29, 0.717) is 6.54 Å². The summed E-state index contributed by atoms with van der Waals surface area (Å²) in [7, 11) is 0. The molecule has 1 N–H and O–H groups in total. The fraction of sp³-hybridized carbons (Fsp3) is 0.650. The van der Waals surface area contributed by atoms with Crippen LogP contribution in [0.4, 0.5) is 0 Å². The SMILES string of the molecule is CCN(C(=O)COC(=O)C(NC(=O)c1ccco1)C(C)C)C1CCCCC1. The van der Waals surface area contributed by atoms with Gasteiger partial charge in [0.15, 0.2) is 12.4 Å². The summed E-state index contributed by atoms with van der Waals surface area (Å²) in [4.78, 5) is 38.9. The van der Waals surface area contributed by atoms with Crippen molar-refractivity contribution in [3.8, 4) is 0 Å². The van der Waals surface area contributed by atoms with Gasteiger partial charge < -0.3 is 19.4 Å². The number of hydrogen-bond acceptors (Lipinski definition) is 5. The monoisotopic (exact) mass is 378 g/mol. The Morgan fingerprint density at radius 1 is 1.26 bits per heavy atom. The van der Waals surface area contributed by atoms with E-state index in [9.17, 15) is 14.4 Å². The Hall–Kier alpha value is -2.31. The highest BCUT2D eigenvalue weighted by Gasteiger charge is 2.29. The molecule has 0 radical (unpaired) electrons. The van der Waals surface area contributed by atoms with Crippen molar-refractivity contribution in [2.24, 2.45) is 5.92 Å². The van der Waals surface area contributed by atoms with Gasteiger partial charge in [-0.05, 0) is 37.8 Å². The molecule has 0 bridgehead atoms. The van der Waals surface area contributed by atoms with Gasteiger partial charge in [-0.15, -0.1) is 0 Å². The zero-order valence-electron chi connectivity index (χ0n) is 16.4. The van der Waals surface area contributed by atoms with Crippen molar-refractivity contribution in [1.82, 2.24) is 10.2 Å². The van der Waals surface area contributed by atoms with Crippen molar-refractivity contribution in [3.63, 3.8) is 0 Å². The number of nitrogens with zero attached hydrogens (tertiary/aromatic N) is 1. The fourth-order valence-corrected chi connectivity index (χ4v) is 3.45. The van der Waals surface area contributed by atoms with E-state index in [4.69, 9.17) is 9.15 Å². The first-order chi connectivity index (χ1) is 12.9. The van der Waals surface area contributed by atoms with Gasteiger partial charge in [-0.2, -0.15) is 0 Å². The lowest BCUT2D eigenvalue weighted by atomic mass is 9.94. The van der Waals surface area contributed by atoms with Crippen LogP contribution in [0, 0.1) is 5.92 Å². The summed E-state index contributed by atoms with van der Waals surface area (Å²) in [6.07, 6.45) is 6.86. The van der Waals surface area contributed by atoms with E-state index in [0.717, 1.165) is 25.7 Å². The molecule has 7 heteroatoms. The molecule has 0 aromatic carbocycles. The topological polar surface area (TPSA) is 88.9 Å². The van der Waals surface area contributed by atoms with Crippen LogP contribution in [-0.4, -0.2) is 47.9 Å². The molecule has 1 fully saturated rings. The second-order valence-electron chi connectivity index (χ2n) is 7.25. The van der Waals surface area contributed by atoms with Crippen molar-refractivity contribution in [1.29, 1.82) is 0 Å². The van der Waals surface area contributed by atoms with E-state index in [-0.39, 0.29) is 30.2 Å². The van der Waals surface area contributed by atoms with Crippen molar-refractivity contribution in [2.45, 2.75) is 65.0 Å². The lowest BCUT2D eigenvalue weighted by Crippen LogP contribution is -2.47. The average molecular weight is 378 g/mol. The normalized spacial score (nSPS) is 16.0. The summed E-state index contributed by atoms with van der Waals surface area (Å²) in [6.45, 7) is 5.84. The van der Waals surface area contributed by atoms with Crippen molar-refractivity contribution in [2.75, 3.05) is 13.2 Å². The number of amides is 2. The molecule has 1 saturated carbocycles. The summed E-state index contributed by atoms with van der Waals surface area (Å²) >= 11 is 0. The predicted molar refractivity (Wildman–Crippen MR) is 100 cm³/mol. The molecule has 0 aliphatic heterocycles. The first kappa shape index (κ1) is 21.0. The number of carbonyl (C=O) groups is 3. The van der Waals surface area contributed by atoms with Crippen molar-refractivity contribution >= 4 is 17.8 Å². The third-order valence-electron chi connectivity index (χ3n) is 4.97. The van der Waals surface area contributed by atoms with E-state index in [1.807, 2.05) is 6.92 Å². The Labute approximate surface area is 160 Å². The largest absolute Gasteiger partial charge is 0.459 e. The molecule has 1 aliphatic rings. The summed E-state index contributed by atoms with van der Waals surface area (Å²) in [5.74, 6) is -1.35. The Bertz CT molecular complexity index is 620. The summed E-state index contributed by atoms with van der Waals surface area (Å²) in [5, 5.41) is 2.62. The Morgan fingerprint density at radius 3 is 2.52 bits per heavy atom. The molecule has 1 unspecified atom stereocenters. The average Bonchev–Trinajstić information content (AvgIpc) is 3.20. The van der Waals surface area contributed by atoms with Gasteiger partial charge in [0, 0.05) is 12.6 Å². The van der Waals surface area contributed by atoms with E-state index < -0.39 is 17.9 Å². The Kier molecular flexibility index (Phi) is 7.88. The number of furan rings is 1. The second kappa shape index (κ2) is 10.1. The van der Waals surface area contributed by atoms with Crippen molar-refractivity contribution in [3.05, 3.63) is 24.2 Å². The molecule has 1 atom stereocenters. The molecule has 2 rings (SSSR count). The molecule has 0 saturated heterocycles. The number of ether oxygens (including phenoxy) is 1. The number of hydrogen-bond donors (Lipinski definition) is 1. The highest BCUT2D eigenvalue weighted by Crippen LogP contribution is 2.22. The van der Waals surface area contributed by atoms with Crippen LogP contribution in [0.1, 0.15) is 63.4 Å². The standard InChI is InChI=1S/C20H30N2O5/c1-4-22(15-9-6-5-7-10-15)17(23)13-27-20(25)18(14(2)3)21-19(24)16-11-8-12-26-16/h8,11-12,14-15,18H,4-7,9-10,13H2,1-3H3,(H,21,24). The molecule has 1 aromatic heterocycles. The summed E-state index contributed by atoms with van der Waals surface area (Å²) in [5.41, 5.74) is 0. The van der Waals surface area contributed by atoms with Gasteiger partial charge in [-0.1, -0.05) is 33.1 Å². The number of esters is 1. The number of rotatable bonds is 8. The molecule has 2 amide bonds. The summed E-state index contributed by atoms with van der Waals surface area (Å²) < 4.78 is 10.3. The predicted octanol–water partition coefficient (Wildman–Crippen LogP) is 2.76. The van der Waals surface area contributed by atoms with Crippen LogP contribution in [-0.2, 0) is 14.3 Å². The number of nitrogens with one attached hydrogen (secondary N) is 1. The molecular weight excluding hydrogens is 348 g/mol. The maximum Gasteiger partial charge on any atom is 0.329 e. The van der Waals surface area contributed by atoms with Crippen LogP contribution in [0.2, 0.25) is 0 Å². The minimum absolute atomic E-state index is 0.124. The molecule has 27 heavy (non-hydrogen) atoms. The van der Waals surface area contributed by atoms with Gasteiger partial charge in [0.2, 0.25) is 0 Å². The lowest BCUT2D eigenvalue weighted by molar-refractivity contribution is -0.155. The van der Waals surface area contributed by atoms with Crippen LogP contribution in [0.25, 0.3) is 0 Å². The third kappa shape index (κ3) is 5.84. The van der Waals surface area contributed by atoms with Gasteiger partial charge in [-0.3, -0.25) is 9.59 Å². The van der Waals surface area contributed by atoms with E-state index in [2.05, 4.69) is 5.32 Å². The van der Waals surface area contributed by atoms with Gasteiger partial charge in [0.25, 0.3) is 11.8 Å². The van der Waals surface area contributed by atoms with Crippen LogP contribution in [0.15, 0.2) is 22.8 Å². The van der Waals surface area contributed by atoms with Gasteiger partial charge >= 0.3 is 5.97 Å². The number of likely N-dealkylation sites (N-methyl/N-ethyl adjacent to an activating group) is 1. The molecule has 1 heterocycles. The zero-order chi connectivity index (χ0) is 19.8. The van der Waals surface area contributed by atoms with Crippen LogP contribution in [0.5, 0.6) is 0 Å². The van der Waals surface area contributed by atoms with E-state index in [1.165, 1.54) is 18.8 Å². The lowest BCUT2D eigenvalue weighted by Gasteiger charge is -2.33. The van der Waals surface area contributed by atoms with Gasteiger partial charge in [-0.25, -0.2) is 4.79 Å². The first-order valence-electron chi connectivity index (χ1n) is 9.74. The third-order valence-corrected chi connectivity index (χ3v) is 4.97. The molecule has 0 spiro atoms. The Balaban J connectivity index is 1.90. The maximum atomic E-state index is 12.5. The molecule has 7 nitrogen and oxygen atoms in total. The minimum Gasteiger partial charge on any atom is -0.459 e. The minimum atomic E-state index is -0.847. The highest BCUT2D eigenvalue weighted by molar-refractivity contribution is 5.94. The highest BCUT2D eigenvalue weighted by atomic mass is 16.5. The molecule has 1 aromatic rings. The Morgan fingerprint density at radius 2 is 1.96 bits per heavy atom. The zero-order valence-corrected chi connectivity index (χ0v) is 16.4. The quantitative estimate of drug-likeness (QED) is 0.703. The maximum absolute atomic E-state index is 12.5.